The Labute approximate surface area is 108 Å². The van der Waals surface area contributed by atoms with Crippen molar-refractivity contribution in [3.63, 3.8) is 0 Å². The number of carboxylic acids is 1. The number of aliphatic hydroxyl groups excluding tert-OH is 4. The van der Waals surface area contributed by atoms with Crippen LogP contribution in [0.1, 0.15) is 0 Å². The molecule has 10 heteroatoms. The first-order chi connectivity index (χ1) is 8.92. The van der Waals surface area contributed by atoms with Gasteiger partial charge in [0.2, 0.25) is 0 Å². The minimum absolute atomic E-state index is 0.398. The SMILES string of the molecule is NOCC(NC1O[C@H](CO)[C@@H](O)[C@H](O)[C@@H]1O)C(=O)O. The number of carboxylic acid groups (broad SMARTS) is 1. The molecule has 0 aromatic heterocycles. The van der Waals surface area contributed by atoms with Gasteiger partial charge >= 0.3 is 5.97 Å². The fraction of sp³-hybridized carbons (Fsp3) is 0.889. The van der Waals surface area contributed by atoms with E-state index in [-0.39, 0.29) is 0 Å². The summed E-state index contributed by atoms with van der Waals surface area (Å²) in [7, 11) is 0. The molecule has 1 fully saturated rings. The lowest BCUT2D eigenvalue weighted by Crippen LogP contribution is -2.64. The fourth-order valence-corrected chi connectivity index (χ4v) is 1.72. The Morgan fingerprint density at radius 2 is 1.95 bits per heavy atom. The smallest absolute Gasteiger partial charge is 0.323 e. The summed E-state index contributed by atoms with van der Waals surface area (Å²) in [5.74, 6) is 3.47. The molecule has 1 heterocycles. The van der Waals surface area contributed by atoms with Gasteiger partial charge in [-0.15, -0.1) is 0 Å². The molecular formula is C9H18N2O8. The van der Waals surface area contributed by atoms with E-state index in [4.69, 9.17) is 20.8 Å². The van der Waals surface area contributed by atoms with Crippen molar-refractivity contribution in [3.05, 3.63) is 0 Å². The lowest BCUT2D eigenvalue weighted by Gasteiger charge is -2.41. The third kappa shape index (κ3) is 3.81. The number of carbonyl (C=O) groups is 1. The van der Waals surface area contributed by atoms with Crippen LogP contribution in [0.25, 0.3) is 0 Å². The summed E-state index contributed by atoms with van der Waals surface area (Å²) in [4.78, 5) is 15.1. The van der Waals surface area contributed by atoms with Crippen molar-refractivity contribution >= 4 is 5.97 Å². The van der Waals surface area contributed by atoms with Gasteiger partial charge in [0.15, 0.2) is 0 Å². The highest BCUT2D eigenvalue weighted by molar-refractivity contribution is 5.73. The van der Waals surface area contributed by atoms with Gasteiger partial charge in [-0.2, -0.15) is 0 Å². The van der Waals surface area contributed by atoms with Crippen molar-refractivity contribution in [2.75, 3.05) is 13.2 Å². The summed E-state index contributed by atoms with van der Waals surface area (Å²) in [6, 6.07) is -1.29. The third-order valence-corrected chi connectivity index (χ3v) is 2.82. The number of rotatable bonds is 6. The first-order valence-corrected chi connectivity index (χ1v) is 5.53. The van der Waals surface area contributed by atoms with Gasteiger partial charge in [0.05, 0.1) is 13.2 Å². The Kier molecular flexibility index (Phi) is 6.03. The van der Waals surface area contributed by atoms with Crippen LogP contribution >= 0.6 is 0 Å². The highest BCUT2D eigenvalue weighted by Crippen LogP contribution is 2.20. The van der Waals surface area contributed by atoms with Gasteiger partial charge in [0.1, 0.15) is 36.7 Å². The number of aliphatic hydroxyl groups is 4. The van der Waals surface area contributed by atoms with Crippen LogP contribution in [0.15, 0.2) is 0 Å². The second-order valence-electron chi connectivity index (χ2n) is 4.14. The minimum Gasteiger partial charge on any atom is -0.480 e. The predicted molar refractivity (Wildman–Crippen MR) is 58.5 cm³/mol. The Balaban J connectivity index is 2.72. The average molecular weight is 282 g/mol. The number of hydrogen-bond acceptors (Lipinski definition) is 9. The van der Waals surface area contributed by atoms with Crippen molar-refractivity contribution in [2.45, 2.75) is 36.7 Å². The number of ether oxygens (including phenoxy) is 1. The predicted octanol–water partition coefficient (Wildman–Crippen LogP) is -4.28. The van der Waals surface area contributed by atoms with Crippen LogP contribution in [0.5, 0.6) is 0 Å². The summed E-state index contributed by atoms with van der Waals surface area (Å²) in [5, 5.41) is 48.9. The maximum Gasteiger partial charge on any atom is 0.323 e. The molecule has 1 aliphatic heterocycles. The molecule has 0 aromatic rings. The van der Waals surface area contributed by atoms with Crippen molar-refractivity contribution in [1.29, 1.82) is 0 Å². The van der Waals surface area contributed by atoms with Gasteiger partial charge in [-0.25, -0.2) is 5.90 Å². The number of nitrogens with one attached hydrogen (secondary N) is 1. The topological polar surface area (TPSA) is 175 Å². The third-order valence-electron chi connectivity index (χ3n) is 2.82. The van der Waals surface area contributed by atoms with Crippen molar-refractivity contribution in [3.8, 4) is 0 Å². The second-order valence-corrected chi connectivity index (χ2v) is 4.14. The average Bonchev–Trinajstić information content (AvgIpc) is 2.38. The standard InChI is InChI=1S/C9H18N2O8/c10-18-2-3(9(16)17)11-8-7(15)6(14)5(13)4(1-12)19-8/h3-8,11-15H,1-2,10H2,(H,16,17)/t3?,4-,5-,6+,7+,8?/m1/s1. The molecule has 0 spiro atoms. The Morgan fingerprint density at radius 1 is 1.32 bits per heavy atom. The fourth-order valence-electron chi connectivity index (χ4n) is 1.72. The molecule has 0 aromatic carbocycles. The highest BCUT2D eigenvalue weighted by atomic mass is 16.6. The zero-order chi connectivity index (χ0) is 14.6. The van der Waals surface area contributed by atoms with Gasteiger partial charge in [-0.3, -0.25) is 10.1 Å². The summed E-state index contributed by atoms with van der Waals surface area (Å²) >= 11 is 0. The van der Waals surface area contributed by atoms with Crippen LogP contribution in [0.3, 0.4) is 0 Å². The molecular weight excluding hydrogens is 264 g/mol. The van der Waals surface area contributed by atoms with Crippen LogP contribution in [-0.2, 0) is 14.4 Å². The van der Waals surface area contributed by atoms with E-state index in [1.54, 1.807) is 0 Å². The maximum absolute atomic E-state index is 10.9. The number of aliphatic carboxylic acids is 1. The molecule has 0 saturated carbocycles. The highest BCUT2D eigenvalue weighted by Gasteiger charge is 2.44. The van der Waals surface area contributed by atoms with E-state index in [1.165, 1.54) is 0 Å². The van der Waals surface area contributed by atoms with Gasteiger partial charge in [0, 0.05) is 0 Å². The first kappa shape index (κ1) is 16.2. The van der Waals surface area contributed by atoms with Crippen LogP contribution in [-0.4, -0.2) is 81.4 Å². The summed E-state index contributed by atoms with van der Waals surface area (Å²) in [5.41, 5.74) is 0. The Morgan fingerprint density at radius 3 is 2.42 bits per heavy atom. The largest absolute Gasteiger partial charge is 0.480 e. The molecule has 0 bridgehead atoms. The van der Waals surface area contributed by atoms with Crippen molar-refractivity contribution in [1.82, 2.24) is 5.32 Å². The summed E-state index contributed by atoms with van der Waals surface area (Å²) < 4.78 is 5.08. The maximum atomic E-state index is 10.9. The van der Waals surface area contributed by atoms with Gasteiger partial charge in [-0.1, -0.05) is 0 Å². The van der Waals surface area contributed by atoms with E-state index in [0.29, 0.717) is 0 Å². The number of nitrogens with two attached hydrogens (primary N) is 1. The van der Waals surface area contributed by atoms with E-state index < -0.39 is 55.9 Å². The Bertz CT molecular complexity index is 302. The van der Waals surface area contributed by atoms with E-state index in [0.717, 1.165) is 0 Å². The van der Waals surface area contributed by atoms with E-state index >= 15 is 0 Å². The van der Waals surface area contributed by atoms with Gasteiger partial charge in [-0.05, 0) is 0 Å². The quantitative estimate of drug-likeness (QED) is 0.236. The minimum atomic E-state index is -1.59. The summed E-state index contributed by atoms with van der Waals surface area (Å²) in [6.07, 6.45) is -7.09. The van der Waals surface area contributed by atoms with Crippen LogP contribution in [0, 0.1) is 0 Å². The molecule has 2 unspecified atom stereocenters. The van der Waals surface area contributed by atoms with E-state index in [9.17, 15) is 20.1 Å². The van der Waals surface area contributed by atoms with Crippen molar-refractivity contribution < 1.29 is 39.9 Å². The molecule has 0 aliphatic carbocycles. The van der Waals surface area contributed by atoms with Crippen LogP contribution in [0.2, 0.25) is 0 Å². The molecule has 112 valence electrons. The van der Waals surface area contributed by atoms with Gasteiger partial charge < -0.3 is 35.1 Å². The lowest BCUT2D eigenvalue weighted by atomic mass is 9.98. The summed E-state index contributed by atoms with van der Waals surface area (Å²) in [6.45, 7) is -1.00. The molecule has 8 N–H and O–H groups in total. The van der Waals surface area contributed by atoms with Crippen LogP contribution in [0.4, 0.5) is 0 Å². The monoisotopic (exact) mass is 282 g/mol. The van der Waals surface area contributed by atoms with E-state index in [2.05, 4.69) is 10.2 Å². The van der Waals surface area contributed by atoms with E-state index in [1.807, 2.05) is 0 Å². The van der Waals surface area contributed by atoms with Crippen molar-refractivity contribution in [2.24, 2.45) is 5.90 Å². The normalized spacial score (nSPS) is 37.0. The van der Waals surface area contributed by atoms with Gasteiger partial charge in [0.25, 0.3) is 0 Å². The molecule has 0 radical (unpaired) electrons. The molecule has 1 saturated heterocycles. The molecule has 1 rings (SSSR count). The Hall–Kier alpha value is -0.850. The van der Waals surface area contributed by atoms with Crippen LogP contribution < -0.4 is 11.2 Å². The molecule has 6 atom stereocenters. The zero-order valence-electron chi connectivity index (χ0n) is 9.92. The number of hydrogen-bond donors (Lipinski definition) is 7. The molecule has 10 nitrogen and oxygen atoms in total. The lowest BCUT2D eigenvalue weighted by molar-refractivity contribution is -0.239. The molecule has 0 amide bonds. The molecule has 19 heavy (non-hydrogen) atoms. The second kappa shape index (κ2) is 7.07. The molecule has 1 aliphatic rings. The first-order valence-electron chi connectivity index (χ1n) is 5.53. The zero-order valence-corrected chi connectivity index (χ0v) is 9.92.